The van der Waals surface area contributed by atoms with Crippen LogP contribution in [-0.2, 0) is 4.79 Å². The highest BCUT2D eigenvalue weighted by Crippen LogP contribution is 2.09. The van der Waals surface area contributed by atoms with Crippen molar-refractivity contribution >= 4 is 23.8 Å². The predicted octanol–water partition coefficient (Wildman–Crippen LogP) is 0.933. The Kier molecular flexibility index (Phi) is 5.20. The maximum Gasteiger partial charge on any atom is 0.168 e. The van der Waals surface area contributed by atoms with Crippen molar-refractivity contribution in [2.45, 2.75) is 0 Å². The largest absolute Gasteiger partial charge is 0.405 e. The van der Waals surface area contributed by atoms with E-state index in [1.807, 2.05) is 6.26 Å². The summed E-state index contributed by atoms with van der Waals surface area (Å²) in [5.74, 6) is 0. The average Bonchev–Trinajstić information content (AvgIpc) is 2.03. The monoisotopic (exact) mass is 170 g/mol. The Morgan fingerprint density at radius 1 is 1.73 bits per heavy atom. The van der Waals surface area contributed by atoms with E-state index in [4.69, 9.17) is 5.73 Å². The Labute approximate surface area is 70.1 Å². The van der Waals surface area contributed by atoms with E-state index >= 15 is 0 Å². The fraction of sp³-hybridized carbons (Fsp3) is 0.143. The molecule has 0 aliphatic carbocycles. The van der Waals surface area contributed by atoms with Gasteiger partial charge in [-0.1, -0.05) is 6.58 Å². The molecule has 4 heteroatoms. The third-order valence-electron chi connectivity index (χ3n) is 0.877. The smallest absolute Gasteiger partial charge is 0.168 e. The molecule has 0 radical (unpaired) electrons. The Balaban J connectivity index is 4.34. The zero-order valence-corrected chi connectivity index (χ0v) is 7.10. The first kappa shape index (κ1) is 9.97. The number of carbonyl (C=O) groups excluding carboxylic acids is 1. The normalized spacial score (nSPS) is 11.9. The molecule has 0 saturated carbocycles. The number of hydrogen-bond donors (Lipinski definition) is 1. The second-order valence-corrected chi connectivity index (χ2v) is 2.49. The highest BCUT2D eigenvalue weighted by atomic mass is 32.2. The molecule has 0 aromatic carbocycles. The van der Waals surface area contributed by atoms with Crippen LogP contribution in [0.1, 0.15) is 0 Å². The molecule has 2 N–H and O–H groups in total. The summed E-state index contributed by atoms with van der Waals surface area (Å²) in [5, 5.41) is 0.588. The zero-order chi connectivity index (χ0) is 8.69. The van der Waals surface area contributed by atoms with Gasteiger partial charge in [-0.2, -0.15) is 0 Å². The van der Waals surface area contributed by atoms with Gasteiger partial charge >= 0.3 is 0 Å². The number of rotatable bonds is 4. The fourth-order valence-electron chi connectivity index (χ4n) is 0.391. The van der Waals surface area contributed by atoms with E-state index in [0.717, 1.165) is 0 Å². The summed E-state index contributed by atoms with van der Waals surface area (Å²) in [6.07, 6.45) is 5.15. The van der Waals surface area contributed by atoms with Gasteiger partial charge in [0.1, 0.15) is 5.71 Å². The molecule has 60 valence electrons. The van der Waals surface area contributed by atoms with Gasteiger partial charge in [-0.05, 0) is 18.5 Å². The van der Waals surface area contributed by atoms with Gasteiger partial charge in [0.05, 0.1) is 5.03 Å². The van der Waals surface area contributed by atoms with Crippen molar-refractivity contribution in [2.24, 2.45) is 10.7 Å². The summed E-state index contributed by atoms with van der Waals surface area (Å²) < 4.78 is 0. The van der Waals surface area contributed by atoms with Crippen LogP contribution < -0.4 is 5.73 Å². The number of thioether (sulfide) groups is 1. The molecule has 3 nitrogen and oxygen atoms in total. The quantitative estimate of drug-likeness (QED) is 0.504. The lowest BCUT2D eigenvalue weighted by molar-refractivity contribution is -0.102. The first-order chi connectivity index (χ1) is 5.24. The van der Waals surface area contributed by atoms with Crippen molar-refractivity contribution in [3.05, 3.63) is 23.9 Å². The van der Waals surface area contributed by atoms with Crippen LogP contribution in [-0.4, -0.2) is 18.3 Å². The van der Waals surface area contributed by atoms with E-state index in [0.29, 0.717) is 11.3 Å². The summed E-state index contributed by atoms with van der Waals surface area (Å²) in [6.45, 7) is 3.59. The molecule has 0 fully saturated rings. The minimum absolute atomic E-state index is 0.284. The van der Waals surface area contributed by atoms with Crippen LogP contribution in [0.4, 0.5) is 0 Å². The molecular weight excluding hydrogens is 160 g/mol. The third-order valence-corrected chi connectivity index (χ3v) is 1.44. The zero-order valence-electron chi connectivity index (χ0n) is 6.28. The standard InChI is InChI=1S/C7H10N2OS/c1-6(11-2)9-7(5-10)3-4-8/h3-5H,1,8H2,2H3/b4-3-,9-7+. The third kappa shape index (κ3) is 4.38. The number of hydrogen-bond acceptors (Lipinski definition) is 4. The molecule has 0 unspecified atom stereocenters. The molecule has 0 atom stereocenters. The van der Waals surface area contributed by atoms with Crippen molar-refractivity contribution in [3.8, 4) is 0 Å². The average molecular weight is 170 g/mol. The van der Waals surface area contributed by atoms with E-state index in [-0.39, 0.29) is 5.71 Å². The second kappa shape index (κ2) is 5.73. The van der Waals surface area contributed by atoms with Gasteiger partial charge in [0, 0.05) is 0 Å². The van der Waals surface area contributed by atoms with Gasteiger partial charge < -0.3 is 5.73 Å². The molecule has 0 aliphatic heterocycles. The Bertz CT molecular complexity index is 208. The molecule has 0 aromatic heterocycles. The van der Waals surface area contributed by atoms with Gasteiger partial charge in [0.15, 0.2) is 6.29 Å². The van der Waals surface area contributed by atoms with Crippen molar-refractivity contribution < 1.29 is 4.79 Å². The van der Waals surface area contributed by atoms with Gasteiger partial charge in [-0.15, -0.1) is 11.8 Å². The minimum atomic E-state index is 0.284. The Morgan fingerprint density at radius 2 is 2.36 bits per heavy atom. The second-order valence-electron chi connectivity index (χ2n) is 1.61. The molecule has 0 aliphatic rings. The van der Waals surface area contributed by atoms with Crippen LogP contribution in [0, 0.1) is 0 Å². The van der Waals surface area contributed by atoms with E-state index in [1.54, 1.807) is 0 Å². The summed E-state index contributed by atoms with van der Waals surface area (Å²) in [4.78, 5) is 14.1. The van der Waals surface area contributed by atoms with Crippen LogP contribution >= 0.6 is 11.8 Å². The highest BCUT2D eigenvalue weighted by molar-refractivity contribution is 8.02. The lowest BCUT2D eigenvalue weighted by atomic mass is 10.4. The van der Waals surface area contributed by atoms with Crippen molar-refractivity contribution in [2.75, 3.05) is 6.26 Å². The maximum atomic E-state index is 10.3. The molecule has 0 heterocycles. The Morgan fingerprint density at radius 3 is 2.73 bits per heavy atom. The summed E-state index contributed by atoms with van der Waals surface area (Å²) in [7, 11) is 0. The van der Waals surface area contributed by atoms with Crippen LogP contribution in [0.2, 0.25) is 0 Å². The van der Waals surface area contributed by atoms with Gasteiger partial charge in [-0.3, -0.25) is 4.79 Å². The number of aliphatic imine (C=N–C) groups is 1. The predicted molar refractivity (Wildman–Crippen MR) is 49.5 cm³/mol. The first-order valence-electron chi connectivity index (χ1n) is 2.89. The van der Waals surface area contributed by atoms with Crippen molar-refractivity contribution in [1.82, 2.24) is 0 Å². The number of nitrogens with two attached hydrogens (primary N) is 1. The molecule has 0 rings (SSSR count). The molecular formula is C7H10N2OS. The van der Waals surface area contributed by atoms with Crippen molar-refractivity contribution in [1.29, 1.82) is 0 Å². The number of nitrogens with zero attached hydrogens (tertiary/aromatic N) is 1. The molecule has 0 aromatic rings. The van der Waals surface area contributed by atoms with Crippen LogP contribution in [0.5, 0.6) is 0 Å². The molecule has 0 amide bonds. The van der Waals surface area contributed by atoms with Gasteiger partial charge in [0.2, 0.25) is 0 Å². The van der Waals surface area contributed by atoms with Gasteiger partial charge in [0.25, 0.3) is 0 Å². The van der Waals surface area contributed by atoms with Crippen LogP contribution in [0.25, 0.3) is 0 Å². The first-order valence-corrected chi connectivity index (χ1v) is 4.12. The lowest BCUT2D eigenvalue weighted by Crippen LogP contribution is -1.96. The summed E-state index contributed by atoms with van der Waals surface area (Å²) in [6, 6.07) is 0. The molecule has 0 saturated heterocycles. The van der Waals surface area contributed by atoms with Crippen LogP contribution in [0.15, 0.2) is 28.9 Å². The SMILES string of the molecule is C=C(/N=C(C=O)\C=C/N)SC. The van der Waals surface area contributed by atoms with E-state index in [2.05, 4.69) is 11.6 Å². The van der Waals surface area contributed by atoms with Gasteiger partial charge in [-0.25, -0.2) is 4.99 Å². The van der Waals surface area contributed by atoms with Crippen molar-refractivity contribution in [3.63, 3.8) is 0 Å². The van der Waals surface area contributed by atoms with E-state index < -0.39 is 0 Å². The maximum absolute atomic E-state index is 10.3. The topological polar surface area (TPSA) is 55.5 Å². The fourth-order valence-corrected chi connectivity index (χ4v) is 0.588. The number of allylic oxidation sites excluding steroid dienone is 1. The van der Waals surface area contributed by atoms with Crippen LogP contribution in [0.3, 0.4) is 0 Å². The number of aldehydes is 1. The Hall–Kier alpha value is -1.03. The van der Waals surface area contributed by atoms with E-state index in [1.165, 1.54) is 24.0 Å². The number of carbonyl (C=O) groups is 1. The molecule has 0 bridgehead atoms. The summed E-state index contributed by atoms with van der Waals surface area (Å²) >= 11 is 1.38. The van der Waals surface area contributed by atoms with E-state index in [9.17, 15) is 4.79 Å². The highest BCUT2D eigenvalue weighted by Gasteiger charge is 1.91. The summed E-state index contributed by atoms with van der Waals surface area (Å²) in [5.41, 5.74) is 5.35. The minimum Gasteiger partial charge on any atom is -0.405 e. The lowest BCUT2D eigenvalue weighted by Gasteiger charge is -1.92. The molecule has 0 spiro atoms. The molecule has 11 heavy (non-hydrogen) atoms.